The highest BCUT2D eigenvalue weighted by molar-refractivity contribution is 5.79. The smallest absolute Gasteiger partial charge is 0.412 e. The van der Waals surface area contributed by atoms with Crippen LogP contribution in [0.15, 0.2) is 60.8 Å². The summed E-state index contributed by atoms with van der Waals surface area (Å²) < 4.78 is 26.9. The lowest BCUT2D eigenvalue weighted by Gasteiger charge is -2.37. The molecule has 0 atom stereocenters. The second kappa shape index (κ2) is 14.6. The van der Waals surface area contributed by atoms with Crippen LogP contribution >= 0.6 is 0 Å². The molecule has 1 amide bonds. The summed E-state index contributed by atoms with van der Waals surface area (Å²) in [6, 6.07) is 16.7. The molecule has 11 heteroatoms. The predicted octanol–water partition coefficient (Wildman–Crippen LogP) is 6.21. The van der Waals surface area contributed by atoms with Crippen LogP contribution < -0.4 is 14.5 Å². The second-order valence-corrected chi connectivity index (χ2v) is 12.5. The maximum absolute atomic E-state index is 13.5. The minimum absolute atomic E-state index is 0.219. The van der Waals surface area contributed by atoms with Crippen LogP contribution in [0.25, 0.3) is 11.0 Å². The first kappa shape index (κ1) is 32.0. The van der Waals surface area contributed by atoms with Crippen LogP contribution in [-0.2, 0) is 11.3 Å². The van der Waals surface area contributed by atoms with Gasteiger partial charge in [-0.1, -0.05) is 52.0 Å². The van der Waals surface area contributed by atoms with E-state index in [1.54, 1.807) is 17.2 Å². The maximum Gasteiger partial charge on any atom is 0.412 e. The molecule has 4 aromatic rings. The van der Waals surface area contributed by atoms with Gasteiger partial charge in [-0.05, 0) is 54.5 Å². The fraction of sp³-hybridized carbons (Fsp3) is 0.471. The minimum Gasteiger partial charge on any atom is -0.440 e. The lowest BCUT2D eigenvalue weighted by molar-refractivity contribution is 0.0287. The Morgan fingerprint density at radius 2 is 1.67 bits per heavy atom. The van der Waals surface area contributed by atoms with Crippen molar-refractivity contribution in [2.24, 2.45) is 11.8 Å². The molecule has 2 aromatic carbocycles. The van der Waals surface area contributed by atoms with Crippen molar-refractivity contribution in [3.63, 3.8) is 0 Å². The van der Waals surface area contributed by atoms with E-state index >= 15 is 0 Å². The number of anilines is 2. The number of nitrogens with zero attached hydrogens (tertiary/aromatic N) is 7. The molecule has 0 N–H and O–H groups in total. The summed E-state index contributed by atoms with van der Waals surface area (Å²) >= 11 is 0. The van der Waals surface area contributed by atoms with Crippen molar-refractivity contribution < 1.29 is 18.7 Å². The van der Waals surface area contributed by atoms with Crippen molar-refractivity contribution in [3.05, 3.63) is 72.2 Å². The van der Waals surface area contributed by atoms with Crippen molar-refractivity contribution in [1.29, 1.82) is 0 Å². The van der Waals surface area contributed by atoms with Crippen LogP contribution in [0.2, 0.25) is 0 Å². The van der Waals surface area contributed by atoms with Crippen LogP contribution in [-0.4, -0.2) is 76.6 Å². The quantitative estimate of drug-likeness (QED) is 0.174. The Morgan fingerprint density at radius 1 is 0.978 bits per heavy atom. The van der Waals surface area contributed by atoms with Gasteiger partial charge in [0.2, 0.25) is 24.6 Å². The number of aromatic nitrogens is 4. The molecule has 0 spiro atoms. The van der Waals surface area contributed by atoms with E-state index in [0.717, 1.165) is 48.5 Å². The lowest BCUT2D eigenvalue weighted by atomic mass is 10.0. The van der Waals surface area contributed by atoms with Crippen molar-refractivity contribution in [2.45, 2.75) is 53.1 Å². The number of hydrogen-bond acceptors (Lipinski definition) is 8. The SMILES string of the molecule is CC(C)CN(CC(C)C)C(=O)OCOc1ccnc(N(C)C2CCN(c3nc4ccccc4n3Cc3ccc(F)cc3)CC2)n1. The monoisotopic (exact) mass is 617 g/mol. The highest BCUT2D eigenvalue weighted by Gasteiger charge is 2.27. The molecule has 3 heterocycles. The lowest BCUT2D eigenvalue weighted by Crippen LogP contribution is -2.44. The Balaban J connectivity index is 1.19. The first-order valence-corrected chi connectivity index (χ1v) is 15.7. The molecule has 240 valence electrons. The van der Waals surface area contributed by atoms with Gasteiger partial charge in [-0.15, -0.1) is 0 Å². The maximum atomic E-state index is 13.5. The number of amides is 1. The molecule has 0 saturated carbocycles. The largest absolute Gasteiger partial charge is 0.440 e. The molecule has 5 rings (SSSR count). The van der Waals surface area contributed by atoms with Crippen LogP contribution in [0, 0.1) is 17.7 Å². The molecule has 1 saturated heterocycles. The van der Waals surface area contributed by atoms with Crippen LogP contribution in [0.4, 0.5) is 21.1 Å². The van der Waals surface area contributed by atoms with Gasteiger partial charge in [0, 0.05) is 51.5 Å². The van der Waals surface area contributed by atoms with Crippen molar-refractivity contribution >= 4 is 29.0 Å². The third-order valence-corrected chi connectivity index (χ3v) is 7.93. The first-order valence-electron chi connectivity index (χ1n) is 15.7. The summed E-state index contributed by atoms with van der Waals surface area (Å²) in [5, 5.41) is 0. The number of fused-ring (bicyclic) bond motifs is 1. The number of piperidine rings is 1. The standard InChI is InChI=1S/C34H44FN7O3/c1-24(2)20-41(21-25(3)4)34(43)45-23-44-31-14-17-36-32(38-31)39(5)28-15-18-40(19-16-28)33-37-29-8-6-7-9-30(29)42(33)22-26-10-12-27(35)13-11-26/h6-14,17,24-25,28H,15-16,18-23H2,1-5H3. The molecule has 0 radical (unpaired) electrons. The van der Waals surface area contributed by atoms with Crippen LogP contribution in [0.3, 0.4) is 0 Å². The summed E-state index contributed by atoms with van der Waals surface area (Å²) in [5.41, 5.74) is 3.02. The van der Waals surface area contributed by atoms with Gasteiger partial charge in [0.15, 0.2) is 0 Å². The number of carbonyl (C=O) groups excluding carboxylic acids is 1. The molecular weight excluding hydrogens is 573 g/mol. The summed E-state index contributed by atoms with van der Waals surface area (Å²) in [6.07, 6.45) is 3.06. The second-order valence-electron chi connectivity index (χ2n) is 12.5. The van der Waals surface area contributed by atoms with E-state index in [-0.39, 0.29) is 24.7 Å². The zero-order chi connectivity index (χ0) is 31.9. The molecule has 0 bridgehead atoms. The van der Waals surface area contributed by atoms with Gasteiger partial charge in [-0.3, -0.25) is 0 Å². The third-order valence-electron chi connectivity index (χ3n) is 7.93. The van der Waals surface area contributed by atoms with E-state index in [1.807, 2.05) is 37.4 Å². The number of carbonyl (C=O) groups is 1. The number of rotatable bonds is 12. The summed E-state index contributed by atoms with van der Waals surface area (Å²) in [6.45, 7) is 11.6. The van der Waals surface area contributed by atoms with E-state index in [0.29, 0.717) is 43.3 Å². The van der Waals surface area contributed by atoms with Crippen molar-refractivity contribution in [2.75, 3.05) is 49.8 Å². The van der Waals surface area contributed by atoms with Gasteiger partial charge >= 0.3 is 6.09 Å². The molecular formula is C34H44FN7O3. The van der Waals surface area contributed by atoms with Gasteiger partial charge in [-0.25, -0.2) is 19.2 Å². The van der Waals surface area contributed by atoms with E-state index < -0.39 is 0 Å². The van der Waals surface area contributed by atoms with Gasteiger partial charge in [0.05, 0.1) is 17.6 Å². The average Bonchev–Trinajstić information content (AvgIpc) is 3.39. The molecule has 45 heavy (non-hydrogen) atoms. The normalized spacial score (nSPS) is 13.9. The molecule has 10 nitrogen and oxygen atoms in total. The Morgan fingerprint density at radius 3 is 2.36 bits per heavy atom. The van der Waals surface area contributed by atoms with Crippen LogP contribution in [0.5, 0.6) is 5.88 Å². The molecule has 0 unspecified atom stereocenters. The van der Waals surface area contributed by atoms with E-state index in [4.69, 9.17) is 14.5 Å². The van der Waals surface area contributed by atoms with E-state index in [2.05, 4.69) is 58.1 Å². The van der Waals surface area contributed by atoms with Crippen LogP contribution in [0.1, 0.15) is 46.1 Å². The van der Waals surface area contributed by atoms with E-state index in [1.165, 1.54) is 12.1 Å². The van der Waals surface area contributed by atoms with Gasteiger partial charge in [0.25, 0.3) is 0 Å². The third kappa shape index (κ3) is 8.20. The highest BCUT2D eigenvalue weighted by Crippen LogP contribution is 2.28. The molecule has 2 aromatic heterocycles. The minimum atomic E-state index is -0.387. The summed E-state index contributed by atoms with van der Waals surface area (Å²) in [5.74, 6) is 2.27. The van der Waals surface area contributed by atoms with Gasteiger partial charge in [0.1, 0.15) is 5.82 Å². The fourth-order valence-corrected chi connectivity index (χ4v) is 5.77. The average molecular weight is 618 g/mol. The topological polar surface area (TPSA) is 88.9 Å². The Kier molecular flexibility index (Phi) is 10.4. The summed E-state index contributed by atoms with van der Waals surface area (Å²) in [7, 11) is 2.00. The Labute approximate surface area is 264 Å². The predicted molar refractivity (Wildman–Crippen MR) is 174 cm³/mol. The fourth-order valence-electron chi connectivity index (χ4n) is 5.77. The number of para-hydroxylation sites is 2. The molecule has 0 aliphatic carbocycles. The number of hydrogen-bond donors (Lipinski definition) is 0. The van der Waals surface area contributed by atoms with Gasteiger partial charge < -0.3 is 28.7 Å². The number of benzene rings is 2. The van der Waals surface area contributed by atoms with E-state index in [9.17, 15) is 9.18 Å². The zero-order valence-electron chi connectivity index (χ0n) is 26.9. The molecule has 1 aliphatic rings. The number of ether oxygens (including phenoxy) is 2. The number of imidazole rings is 1. The Bertz CT molecular complexity index is 1540. The molecule has 1 fully saturated rings. The van der Waals surface area contributed by atoms with Crippen molar-refractivity contribution in [1.82, 2.24) is 24.4 Å². The summed E-state index contributed by atoms with van der Waals surface area (Å²) in [4.78, 5) is 32.9. The van der Waals surface area contributed by atoms with Gasteiger partial charge in [-0.2, -0.15) is 4.98 Å². The highest BCUT2D eigenvalue weighted by atomic mass is 19.1. The number of halogens is 1. The zero-order valence-corrected chi connectivity index (χ0v) is 26.9. The first-order chi connectivity index (χ1) is 21.7. The molecule has 1 aliphatic heterocycles. The Hall–Kier alpha value is -4.41. The van der Waals surface area contributed by atoms with Crippen molar-refractivity contribution in [3.8, 4) is 5.88 Å².